The van der Waals surface area contributed by atoms with Gasteiger partial charge in [-0.05, 0) is 6.08 Å². The largest absolute Gasteiger partial charge is 0.497 e. The van der Waals surface area contributed by atoms with Crippen LogP contribution in [0.5, 0.6) is 0 Å². The molecule has 2 nitrogen and oxygen atoms in total. The molecule has 0 aliphatic carbocycles. The van der Waals surface area contributed by atoms with Gasteiger partial charge in [0.2, 0.25) is 0 Å². The third kappa shape index (κ3) is 1.00. The van der Waals surface area contributed by atoms with Gasteiger partial charge in [-0.25, -0.2) is 0 Å². The van der Waals surface area contributed by atoms with Gasteiger partial charge in [-0.3, -0.25) is 0 Å². The summed E-state index contributed by atoms with van der Waals surface area (Å²) >= 11 is 0. The average Bonchev–Trinajstić information content (AvgIpc) is 2.19. The molecule has 0 aromatic carbocycles. The van der Waals surface area contributed by atoms with Crippen molar-refractivity contribution in [2.45, 2.75) is 12.8 Å². The van der Waals surface area contributed by atoms with E-state index >= 15 is 0 Å². The molecule has 0 aromatic heterocycles. The van der Waals surface area contributed by atoms with E-state index in [0.29, 0.717) is 6.42 Å². The molecule has 0 fully saturated rings. The zero-order valence-corrected chi connectivity index (χ0v) is 4.55. The summed E-state index contributed by atoms with van der Waals surface area (Å²) in [5.41, 5.74) is 0. The SMILES string of the molecule is N#CCC1=CCCO1. The fraction of sp³-hybridized carbons (Fsp3) is 0.500. The quantitative estimate of drug-likeness (QED) is 0.507. The van der Waals surface area contributed by atoms with E-state index in [1.165, 1.54) is 0 Å². The van der Waals surface area contributed by atoms with Crippen molar-refractivity contribution in [1.29, 1.82) is 5.26 Å². The van der Waals surface area contributed by atoms with Gasteiger partial charge in [0, 0.05) is 6.42 Å². The van der Waals surface area contributed by atoms with Crippen molar-refractivity contribution in [2.75, 3.05) is 6.61 Å². The van der Waals surface area contributed by atoms with E-state index in [1.54, 1.807) is 0 Å². The standard InChI is InChI=1S/C6H7NO/c7-4-3-6-2-1-5-8-6/h2H,1,3,5H2. The second-order valence-electron chi connectivity index (χ2n) is 1.64. The Labute approximate surface area is 48.4 Å². The van der Waals surface area contributed by atoms with Gasteiger partial charge in [0.1, 0.15) is 5.76 Å². The van der Waals surface area contributed by atoms with Crippen LogP contribution in [0, 0.1) is 11.3 Å². The lowest BCUT2D eigenvalue weighted by atomic mass is 10.3. The fourth-order valence-corrected chi connectivity index (χ4v) is 0.670. The molecule has 0 aromatic rings. The Morgan fingerprint density at radius 2 is 2.75 bits per heavy atom. The van der Waals surface area contributed by atoms with Crippen LogP contribution in [0.15, 0.2) is 11.8 Å². The highest BCUT2D eigenvalue weighted by atomic mass is 16.5. The Bertz CT molecular complexity index is 143. The van der Waals surface area contributed by atoms with Gasteiger partial charge < -0.3 is 4.74 Å². The van der Waals surface area contributed by atoms with Crippen molar-refractivity contribution in [3.8, 4) is 6.07 Å². The molecular weight excluding hydrogens is 102 g/mol. The smallest absolute Gasteiger partial charge is 0.106 e. The molecule has 0 radical (unpaired) electrons. The van der Waals surface area contributed by atoms with Crippen LogP contribution in [0.4, 0.5) is 0 Å². The molecule has 1 heterocycles. The lowest BCUT2D eigenvalue weighted by molar-refractivity contribution is 0.241. The number of hydrogen-bond acceptors (Lipinski definition) is 2. The second kappa shape index (κ2) is 2.37. The molecule has 1 rings (SSSR count). The van der Waals surface area contributed by atoms with E-state index in [4.69, 9.17) is 10.00 Å². The van der Waals surface area contributed by atoms with Gasteiger partial charge in [0.25, 0.3) is 0 Å². The van der Waals surface area contributed by atoms with E-state index < -0.39 is 0 Å². The molecule has 1 aliphatic heterocycles. The number of nitrogens with zero attached hydrogens (tertiary/aromatic N) is 1. The first-order valence-corrected chi connectivity index (χ1v) is 2.62. The zero-order valence-electron chi connectivity index (χ0n) is 4.55. The van der Waals surface area contributed by atoms with Crippen molar-refractivity contribution in [1.82, 2.24) is 0 Å². The van der Waals surface area contributed by atoms with Gasteiger partial charge in [0.15, 0.2) is 0 Å². The molecule has 8 heavy (non-hydrogen) atoms. The Morgan fingerprint density at radius 1 is 1.88 bits per heavy atom. The number of ether oxygens (including phenoxy) is 1. The molecule has 0 spiro atoms. The van der Waals surface area contributed by atoms with Crippen molar-refractivity contribution >= 4 is 0 Å². The molecule has 0 bridgehead atoms. The van der Waals surface area contributed by atoms with Crippen LogP contribution >= 0.6 is 0 Å². The maximum atomic E-state index is 8.16. The lowest BCUT2D eigenvalue weighted by Gasteiger charge is -1.93. The first kappa shape index (κ1) is 5.17. The fourth-order valence-electron chi connectivity index (χ4n) is 0.670. The van der Waals surface area contributed by atoms with Crippen LogP contribution in [-0.4, -0.2) is 6.61 Å². The minimum Gasteiger partial charge on any atom is -0.497 e. The maximum absolute atomic E-state index is 8.16. The summed E-state index contributed by atoms with van der Waals surface area (Å²) in [6.45, 7) is 0.761. The Hall–Kier alpha value is -0.970. The molecular formula is C6H7NO. The van der Waals surface area contributed by atoms with E-state index in [0.717, 1.165) is 18.8 Å². The maximum Gasteiger partial charge on any atom is 0.106 e. The van der Waals surface area contributed by atoms with E-state index in [2.05, 4.69) is 0 Å². The normalized spacial score (nSPS) is 16.6. The van der Waals surface area contributed by atoms with Crippen LogP contribution in [0.25, 0.3) is 0 Å². The molecule has 0 amide bonds. The van der Waals surface area contributed by atoms with Crippen LogP contribution in [0.2, 0.25) is 0 Å². The summed E-state index contributed by atoms with van der Waals surface area (Å²) in [7, 11) is 0. The summed E-state index contributed by atoms with van der Waals surface area (Å²) in [5, 5.41) is 8.16. The van der Waals surface area contributed by atoms with Crippen LogP contribution < -0.4 is 0 Å². The second-order valence-corrected chi connectivity index (χ2v) is 1.64. The molecule has 0 saturated carbocycles. The van der Waals surface area contributed by atoms with Gasteiger partial charge in [-0.1, -0.05) is 0 Å². The van der Waals surface area contributed by atoms with Crippen molar-refractivity contribution in [3.05, 3.63) is 11.8 Å². The Morgan fingerprint density at radius 3 is 3.25 bits per heavy atom. The third-order valence-corrected chi connectivity index (χ3v) is 1.03. The molecule has 0 saturated heterocycles. The lowest BCUT2D eigenvalue weighted by Crippen LogP contribution is -1.81. The minimum atomic E-state index is 0.431. The van der Waals surface area contributed by atoms with E-state index in [-0.39, 0.29) is 0 Å². The van der Waals surface area contributed by atoms with Gasteiger partial charge in [0.05, 0.1) is 19.1 Å². The first-order chi connectivity index (χ1) is 3.93. The Balaban J connectivity index is 2.36. The molecule has 0 atom stereocenters. The summed E-state index contributed by atoms with van der Waals surface area (Å²) < 4.78 is 5.03. The molecule has 0 N–H and O–H groups in total. The summed E-state index contributed by atoms with van der Waals surface area (Å²) in [4.78, 5) is 0. The van der Waals surface area contributed by atoms with Crippen LogP contribution in [-0.2, 0) is 4.74 Å². The number of allylic oxidation sites excluding steroid dienone is 1. The molecule has 0 unspecified atom stereocenters. The minimum absolute atomic E-state index is 0.431. The van der Waals surface area contributed by atoms with Gasteiger partial charge in [-0.15, -0.1) is 0 Å². The average molecular weight is 109 g/mol. The number of hydrogen-bond donors (Lipinski definition) is 0. The van der Waals surface area contributed by atoms with Crippen molar-refractivity contribution < 1.29 is 4.74 Å². The van der Waals surface area contributed by atoms with Gasteiger partial charge in [-0.2, -0.15) is 5.26 Å². The highest BCUT2D eigenvalue weighted by Gasteiger charge is 2.02. The molecule has 42 valence electrons. The zero-order chi connectivity index (χ0) is 5.82. The van der Waals surface area contributed by atoms with E-state index in [1.807, 2.05) is 12.1 Å². The van der Waals surface area contributed by atoms with Crippen molar-refractivity contribution in [3.63, 3.8) is 0 Å². The summed E-state index contributed by atoms with van der Waals surface area (Å²) in [5.74, 6) is 0.840. The van der Waals surface area contributed by atoms with Gasteiger partial charge >= 0.3 is 0 Å². The summed E-state index contributed by atoms with van der Waals surface area (Å²) in [6.07, 6.45) is 3.36. The van der Waals surface area contributed by atoms with E-state index in [9.17, 15) is 0 Å². The predicted octanol–water partition coefficient (Wildman–Crippen LogP) is 1.20. The molecule has 1 aliphatic rings. The van der Waals surface area contributed by atoms with Crippen molar-refractivity contribution in [2.24, 2.45) is 0 Å². The highest BCUT2D eigenvalue weighted by molar-refractivity contribution is 5.03. The monoisotopic (exact) mass is 109 g/mol. The predicted molar refractivity (Wildman–Crippen MR) is 28.9 cm³/mol. The Kier molecular flexibility index (Phi) is 1.53. The summed E-state index contributed by atoms with van der Waals surface area (Å²) in [6, 6.07) is 2.02. The number of nitriles is 1. The van der Waals surface area contributed by atoms with Crippen LogP contribution in [0.3, 0.4) is 0 Å². The highest BCUT2D eigenvalue weighted by Crippen LogP contribution is 2.10. The topological polar surface area (TPSA) is 33.0 Å². The number of rotatable bonds is 1. The first-order valence-electron chi connectivity index (χ1n) is 2.62. The van der Waals surface area contributed by atoms with Crippen LogP contribution in [0.1, 0.15) is 12.8 Å². The third-order valence-electron chi connectivity index (χ3n) is 1.03. The molecule has 2 heteroatoms.